The van der Waals surface area contributed by atoms with Crippen LogP contribution in [0.1, 0.15) is 41.3 Å². The zero-order valence-corrected chi connectivity index (χ0v) is 19.3. The number of hydrogen-bond donors (Lipinski definition) is 0. The van der Waals surface area contributed by atoms with Crippen molar-refractivity contribution < 1.29 is 22.8 Å². The van der Waals surface area contributed by atoms with Crippen molar-refractivity contribution in [3.8, 4) is 0 Å². The van der Waals surface area contributed by atoms with E-state index in [-0.39, 0.29) is 35.6 Å². The van der Waals surface area contributed by atoms with Crippen LogP contribution in [0.3, 0.4) is 0 Å². The number of halogens is 5. The van der Waals surface area contributed by atoms with Gasteiger partial charge in [-0.15, -0.1) is 0 Å². The van der Waals surface area contributed by atoms with E-state index in [2.05, 4.69) is 0 Å². The number of amides is 2. The fraction of sp³-hybridized carbons (Fsp3) is 0.391. The number of rotatable bonds is 4. The van der Waals surface area contributed by atoms with Gasteiger partial charge in [0.1, 0.15) is 0 Å². The number of carbonyl (C=O) groups excluding carboxylic acids is 2. The van der Waals surface area contributed by atoms with Crippen LogP contribution < -0.4 is 0 Å². The first kappa shape index (κ1) is 24.4. The number of likely N-dealkylation sites (tertiary alicyclic amines) is 1. The Morgan fingerprint density at radius 3 is 2.38 bits per heavy atom. The molecule has 0 unspecified atom stereocenters. The topological polar surface area (TPSA) is 40.6 Å². The third-order valence-electron chi connectivity index (χ3n) is 5.85. The summed E-state index contributed by atoms with van der Waals surface area (Å²) < 4.78 is 39.8. The van der Waals surface area contributed by atoms with Gasteiger partial charge in [-0.2, -0.15) is 13.2 Å². The second kappa shape index (κ2) is 9.32. The number of hydrogen-bond acceptors (Lipinski definition) is 2. The van der Waals surface area contributed by atoms with E-state index < -0.39 is 29.5 Å². The first-order valence-electron chi connectivity index (χ1n) is 10.1. The minimum atomic E-state index is -4.50. The fourth-order valence-corrected chi connectivity index (χ4v) is 4.34. The average Bonchev–Trinajstić information content (AvgIpc) is 3.17. The largest absolute Gasteiger partial charge is 0.416 e. The molecule has 2 amide bonds. The lowest BCUT2D eigenvalue weighted by atomic mass is 9.87. The van der Waals surface area contributed by atoms with Gasteiger partial charge in [-0.05, 0) is 43.7 Å². The van der Waals surface area contributed by atoms with Crippen LogP contribution in [0.15, 0.2) is 42.5 Å². The molecule has 2 aromatic carbocycles. The second-order valence-corrected chi connectivity index (χ2v) is 9.06. The Morgan fingerprint density at radius 2 is 1.78 bits per heavy atom. The van der Waals surface area contributed by atoms with Crippen molar-refractivity contribution in [2.75, 3.05) is 20.1 Å². The summed E-state index contributed by atoms with van der Waals surface area (Å²) in [6, 6.07) is 9.34. The van der Waals surface area contributed by atoms with Crippen LogP contribution in [0.25, 0.3) is 0 Å². The normalized spacial score (nSPS) is 18.8. The number of nitrogens with zero attached hydrogens (tertiary/aromatic N) is 2. The molecule has 0 aromatic heterocycles. The van der Waals surface area contributed by atoms with Crippen LogP contribution in [-0.4, -0.2) is 47.8 Å². The molecule has 0 aliphatic carbocycles. The van der Waals surface area contributed by atoms with Gasteiger partial charge in [0.25, 0.3) is 5.91 Å². The summed E-state index contributed by atoms with van der Waals surface area (Å²) in [6.07, 6.45) is -4.50. The first-order chi connectivity index (χ1) is 14.9. The first-order valence-corrected chi connectivity index (χ1v) is 10.8. The van der Waals surface area contributed by atoms with Crippen molar-refractivity contribution in [2.45, 2.75) is 32.0 Å². The van der Waals surface area contributed by atoms with E-state index in [1.807, 2.05) is 13.8 Å². The minimum Gasteiger partial charge on any atom is -0.343 e. The highest BCUT2D eigenvalue weighted by molar-refractivity contribution is 6.36. The molecular weight excluding hydrogens is 464 g/mol. The quantitative estimate of drug-likeness (QED) is 0.553. The average molecular weight is 487 g/mol. The highest BCUT2D eigenvalue weighted by atomic mass is 35.5. The van der Waals surface area contributed by atoms with Crippen LogP contribution in [0.2, 0.25) is 10.0 Å². The molecule has 1 aliphatic heterocycles. The lowest BCUT2D eigenvalue weighted by Gasteiger charge is -2.27. The SMILES string of the molecule is CC(C)N(C)C(=O)[C@@H]1CN(C(=O)c2ccc(Cl)cc2Cl)C[C@@H]1c1cccc(C(F)(F)F)c1. The molecule has 4 nitrogen and oxygen atoms in total. The van der Waals surface area contributed by atoms with Crippen molar-refractivity contribution in [2.24, 2.45) is 5.92 Å². The molecule has 1 heterocycles. The van der Waals surface area contributed by atoms with E-state index in [9.17, 15) is 22.8 Å². The van der Waals surface area contributed by atoms with Crippen LogP contribution in [0, 0.1) is 5.92 Å². The maximum absolute atomic E-state index is 13.3. The molecule has 1 fully saturated rings. The molecule has 9 heteroatoms. The lowest BCUT2D eigenvalue weighted by molar-refractivity contribution is -0.137. The molecule has 0 spiro atoms. The summed E-state index contributed by atoms with van der Waals surface area (Å²) in [5.74, 6) is -1.88. The molecule has 3 rings (SSSR count). The molecule has 0 bridgehead atoms. The number of carbonyl (C=O) groups is 2. The second-order valence-electron chi connectivity index (χ2n) is 8.21. The molecule has 0 N–H and O–H groups in total. The summed E-state index contributed by atoms with van der Waals surface area (Å²) >= 11 is 12.1. The van der Waals surface area contributed by atoms with Crippen molar-refractivity contribution in [3.05, 3.63) is 69.2 Å². The predicted octanol–water partition coefficient (Wildman–Crippen LogP) is 5.73. The fourth-order valence-electron chi connectivity index (χ4n) is 3.85. The standard InChI is InChI=1S/C23H23Cl2F3N2O2/c1-13(2)29(3)21(31)19-12-30(22(32)17-8-7-16(24)10-20(17)25)11-18(19)14-5-4-6-15(9-14)23(26,27)28/h4-10,13,18-19H,11-12H2,1-3H3/t18-,19-/m1/s1. The van der Waals surface area contributed by atoms with E-state index in [0.29, 0.717) is 10.6 Å². The highest BCUT2D eigenvalue weighted by Crippen LogP contribution is 2.38. The van der Waals surface area contributed by atoms with Gasteiger partial charge in [-0.1, -0.05) is 41.4 Å². The van der Waals surface area contributed by atoms with Crippen molar-refractivity contribution in [1.82, 2.24) is 9.80 Å². The van der Waals surface area contributed by atoms with Crippen LogP contribution in [0.4, 0.5) is 13.2 Å². The smallest absolute Gasteiger partial charge is 0.343 e. The Labute approximate surface area is 194 Å². The monoisotopic (exact) mass is 486 g/mol. The van der Waals surface area contributed by atoms with Crippen LogP contribution >= 0.6 is 23.2 Å². The summed E-state index contributed by atoms with van der Waals surface area (Å²) in [5.41, 5.74) is -0.194. The van der Waals surface area contributed by atoms with E-state index in [1.54, 1.807) is 18.0 Å². The summed E-state index contributed by atoms with van der Waals surface area (Å²) in [7, 11) is 1.65. The van der Waals surface area contributed by atoms with Gasteiger partial charge in [0.15, 0.2) is 0 Å². The van der Waals surface area contributed by atoms with E-state index in [1.165, 1.54) is 29.2 Å². The van der Waals surface area contributed by atoms with Gasteiger partial charge in [-0.3, -0.25) is 9.59 Å². The maximum atomic E-state index is 13.3. The third-order valence-corrected chi connectivity index (χ3v) is 6.40. The Hall–Kier alpha value is -2.25. The Morgan fingerprint density at radius 1 is 1.09 bits per heavy atom. The number of alkyl halides is 3. The van der Waals surface area contributed by atoms with Crippen LogP contribution in [0.5, 0.6) is 0 Å². The van der Waals surface area contributed by atoms with Gasteiger partial charge in [0.2, 0.25) is 5.91 Å². The summed E-state index contributed by atoms with van der Waals surface area (Å²) in [5, 5.41) is 0.550. The maximum Gasteiger partial charge on any atom is 0.416 e. The lowest BCUT2D eigenvalue weighted by Crippen LogP contribution is -2.40. The minimum absolute atomic E-state index is 0.0780. The molecule has 172 valence electrons. The molecule has 2 atom stereocenters. The van der Waals surface area contributed by atoms with E-state index >= 15 is 0 Å². The molecule has 0 radical (unpaired) electrons. The molecule has 2 aromatic rings. The number of benzene rings is 2. The summed E-state index contributed by atoms with van der Waals surface area (Å²) in [6.45, 7) is 3.88. The highest BCUT2D eigenvalue weighted by Gasteiger charge is 2.43. The zero-order valence-electron chi connectivity index (χ0n) is 17.8. The van der Waals surface area contributed by atoms with Gasteiger partial charge in [0, 0.05) is 37.1 Å². The Bertz CT molecular complexity index is 1030. The third kappa shape index (κ3) is 5.04. The van der Waals surface area contributed by atoms with Gasteiger partial charge < -0.3 is 9.80 Å². The van der Waals surface area contributed by atoms with Crippen LogP contribution in [-0.2, 0) is 11.0 Å². The molecule has 1 saturated heterocycles. The predicted molar refractivity (Wildman–Crippen MR) is 118 cm³/mol. The molecular formula is C23H23Cl2F3N2O2. The Kier molecular flexibility index (Phi) is 7.10. The van der Waals surface area contributed by atoms with Crippen molar-refractivity contribution in [1.29, 1.82) is 0 Å². The van der Waals surface area contributed by atoms with Gasteiger partial charge in [-0.25, -0.2) is 0 Å². The van der Waals surface area contributed by atoms with Crippen molar-refractivity contribution in [3.63, 3.8) is 0 Å². The summed E-state index contributed by atoms with van der Waals surface area (Å²) in [4.78, 5) is 29.4. The van der Waals surface area contributed by atoms with E-state index in [0.717, 1.165) is 12.1 Å². The van der Waals surface area contributed by atoms with E-state index in [4.69, 9.17) is 23.2 Å². The van der Waals surface area contributed by atoms with Gasteiger partial charge >= 0.3 is 6.18 Å². The molecule has 32 heavy (non-hydrogen) atoms. The van der Waals surface area contributed by atoms with Gasteiger partial charge in [0.05, 0.1) is 22.1 Å². The van der Waals surface area contributed by atoms with Crippen molar-refractivity contribution >= 4 is 35.0 Å². The Balaban J connectivity index is 1.98. The zero-order chi connectivity index (χ0) is 23.8. The molecule has 0 saturated carbocycles. The molecule has 1 aliphatic rings.